The molecule has 0 heterocycles. The molecule has 0 aromatic heterocycles. The summed E-state index contributed by atoms with van der Waals surface area (Å²) in [7, 11) is -0.0852. The van der Waals surface area contributed by atoms with Gasteiger partial charge in [0.15, 0.2) is 0 Å². The minimum absolute atomic E-state index is 0.0754. The summed E-state index contributed by atoms with van der Waals surface area (Å²) in [5.41, 5.74) is 4.69. The van der Waals surface area contributed by atoms with Crippen molar-refractivity contribution in [2.75, 3.05) is 0 Å². The van der Waals surface area contributed by atoms with Crippen molar-refractivity contribution in [3.8, 4) is 5.63 Å². The van der Waals surface area contributed by atoms with E-state index >= 15 is 0 Å². The van der Waals surface area contributed by atoms with Gasteiger partial charge in [0.05, 0.1) is 6.61 Å². The zero-order valence-corrected chi connectivity index (χ0v) is 21.6. The maximum atomic E-state index is 11.1. The van der Waals surface area contributed by atoms with E-state index in [0.29, 0.717) is 13.2 Å². The summed E-state index contributed by atoms with van der Waals surface area (Å²) in [6.45, 7) is 7.58. The first-order chi connectivity index (χ1) is 15.9. The normalized spacial score (nSPS) is 13.3. The maximum Gasteiger partial charge on any atom is 0.0724 e. The Bertz CT molecular complexity index is 877. The number of rotatable bonds is 16. The number of unbranched alkanes of at least 4 members (excludes halogenated alkanes) is 6. The molecule has 0 aliphatic rings. The molecule has 0 bridgehead atoms. The average molecular weight is 469 g/mol. The van der Waals surface area contributed by atoms with Crippen molar-refractivity contribution in [1.82, 2.24) is 0 Å². The summed E-state index contributed by atoms with van der Waals surface area (Å²) in [5.74, 6) is 0. The standard InChI is InChI=1S/C29H41O3P/c1-28(2,31-23-26-17-11-9-12-18-26)21-15-7-5-4-6-8-16-22-29(3,25-33-30)32-24-27-19-13-10-14-20-27/h9-14,17-20H,4-8,15-16,21-24H2,1-3H3. The van der Waals surface area contributed by atoms with Gasteiger partial charge in [0, 0.05) is 0 Å². The molecule has 4 heteroatoms. The Morgan fingerprint density at radius 3 is 1.64 bits per heavy atom. The fraction of sp³-hybridized carbons (Fsp3) is 0.552. The van der Waals surface area contributed by atoms with Crippen molar-refractivity contribution >= 4 is 7.92 Å². The smallest absolute Gasteiger partial charge is 0.0724 e. The molecule has 0 amide bonds. The van der Waals surface area contributed by atoms with Crippen molar-refractivity contribution < 1.29 is 14.0 Å². The van der Waals surface area contributed by atoms with Gasteiger partial charge < -0.3 is 4.74 Å². The first-order valence-corrected chi connectivity index (χ1v) is 13.2. The minimum atomic E-state index is -0.565. The molecular formula is C29H41O3P. The third kappa shape index (κ3) is 12.4. The fourth-order valence-corrected chi connectivity index (χ4v) is 4.27. The Morgan fingerprint density at radius 2 is 1.12 bits per heavy atom. The van der Waals surface area contributed by atoms with Gasteiger partial charge in [0.25, 0.3) is 0 Å². The topological polar surface area (TPSA) is 35.5 Å². The van der Waals surface area contributed by atoms with Crippen LogP contribution >= 0.6 is 7.92 Å². The first-order valence-electron chi connectivity index (χ1n) is 12.4. The molecule has 1 atom stereocenters. The molecule has 0 radical (unpaired) electrons. The molecule has 0 aliphatic carbocycles. The van der Waals surface area contributed by atoms with Gasteiger partial charge in [-0.2, -0.15) is 0 Å². The van der Waals surface area contributed by atoms with E-state index in [0.717, 1.165) is 24.8 Å². The van der Waals surface area contributed by atoms with Crippen LogP contribution in [0.15, 0.2) is 60.7 Å². The van der Waals surface area contributed by atoms with Crippen LogP contribution in [0.1, 0.15) is 89.7 Å². The van der Waals surface area contributed by atoms with Crippen LogP contribution in [0.25, 0.3) is 0 Å². The van der Waals surface area contributed by atoms with Crippen molar-refractivity contribution in [2.45, 2.75) is 103 Å². The molecule has 0 fully saturated rings. The van der Waals surface area contributed by atoms with Gasteiger partial charge in [0.2, 0.25) is 0 Å². The van der Waals surface area contributed by atoms with Crippen LogP contribution in [-0.4, -0.2) is 11.2 Å². The summed E-state index contributed by atoms with van der Waals surface area (Å²) >= 11 is 0. The first kappa shape index (κ1) is 27.6. The second-order valence-electron chi connectivity index (χ2n) is 9.72. The van der Waals surface area contributed by atoms with Crippen LogP contribution < -0.4 is 0 Å². The van der Waals surface area contributed by atoms with E-state index in [-0.39, 0.29) is 13.5 Å². The van der Waals surface area contributed by atoms with Crippen LogP contribution in [-0.2, 0) is 27.3 Å². The summed E-state index contributed by atoms with van der Waals surface area (Å²) in [6.07, 6.45) is 10.4. The molecule has 2 aromatic carbocycles. The molecular weight excluding hydrogens is 427 g/mol. The zero-order valence-electron chi connectivity index (χ0n) is 20.7. The van der Waals surface area contributed by atoms with Crippen molar-refractivity contribution in [2.24, 2.45) is 0 Å². The molecule has 0 saturated heterocycles. The monoisotopic (exact) mass is 468 g/mol. The van der Waals surface area contributed by atoms with Crippen LogP contribution in [0, 0.1) is 5.63 Å². The molecule has 0 aliphatic heterocycles. The SMILES string of the molecule is CC(C)(CCCCCCCCCC(C)(C#P=O)OCc1ccccc1)OCc1ccccc1. The molecule has 180 valence electrons. The molecule has 2 rings (SSSR count). The molecule has 0 spiro atoms. The number of benzene rings is 2. The Morgan fingerprint density at radius 1 is 0.667 bits per heavy atom. The van der Waals surface area contributed by atoms with E-state index in [2.05, 4.69) is 43.7 Å². The second kappa shape index (κ2) is 15.3. The van der Waals surface area contributed by atoms with Crippen molar-refractivity contribution in [3.05, 3.63) is 71.8 Å². The number of ether oxygens (including phenoxy) is 2. The van der Waals surface area contributed by atoms with Gasteiger partial charge >= 0.3 is 141 Å². The third-order valence-electron chi connectivity index (χ3n) is 6.09. The van der Waals surface area contributed by atoms with Gasteiger partial charge in [-0.3, -0.25) is 0 Å². The molecule has 1 unspecified atom stereocenters. The van der Waals surface area contributed by atoms with Gasteiger partial charge in [-0.25, -0.2) is 0 Å². The quantitative estimate of drug-likeness (QED) is 0.182. The largest absolute Gasteiger partial charge is 0.371 e. The van der Waals surface area contributed by atoms with E-state index < -0.39 is 5.60 Å². The van der Waals surface area contributed by atoms with Crippen LogP contribution in [0.5, 0.6) is 0 Å². The Hall–Kier alpha value is -1.63. The average Bonchev–Trinajstić information content (AvgIpc) is 2.82. The van der Waals surface area contributed by atoms with Gasteiger partial charge in [-0.15, -0.1) is 0 Å². The van der Waals surface area contributed by atoms with Crippen molar-refractivity contribution in [3.63, 3.8) is 0 Å². The van der Waals surface area contributed by atoms with Gasteiger partial charge in [-0.1, -0.05) is 30.3 Å². The number of hydrogen-bond donors (Lipinski definition) is 0. The van der Waals surface area contributed by atoms with Crippen LogP contribution in [0.3, 0.4) is 0 Å². The minimum Gasteiger partial charge on any atom is -0.371 e. The third-order valence-corrected chi connectivity index (χ3v) is 6.65. The van der Waals surface area contributed by atoms with E-state index in [4.69, 9.17) is 9.47 Å². The summed E-state index contributed by atoms with van der Waals surface area (Å²) in [6, 6.07) is 20.5. The number of hydrogen-bond acceptors (Lipinski definition) is 3. The van der Waals surface area contributed by atoms with Crippen LogP contribution in [0.2, 0.25) is 0 Å². The molecule has 0 saturated carbocycles. The van der Waals surface area contributed by atoms with E-state index in [1.807, 2.05) is 43.3 Å². The second-order valence-corrected chi connectivity index (χ2v) is 10.1. The van der Waals surface area contributed by atoms with Crippen LogP contribution in [0.4, 0.5) is 0 Å². The van der Waals surface area contributed by atoms with Gasteiger partial charge in [-0.05, 0) is 19.4 Å². The molecule has 33 heavy (non-hydrogen) atoms. The van der Waals surface area contributed by atoms with E-state index in [9.17, 15) is 4.57 Å². The fourth-order valence-electron chi connectivity index (χ4n) is 3.90. The Kier molecular flexibility index (Phi) is 12.8. The van der Waals surface area contributed by atoms with Crippen molar-refractivity contribution in [1.29, 1.82) is 0 Å². The summed E-state index contributed by atoms with van der Waals surface area (Å²) < 4.78 is 23.3. The summed E-state index contributed by atoms with van der Waals surface area (Å²) in [4.78, 5) is 0. The molecule has 2 aromatic rings. The van der Waals surface area contributed by atoms with Gasteiger partial charge in [0.1, 0.15) is 0 Å². The molecule has 0 N–H and O–H groups in total. The predicted molar refractivity (Wildman–Crippen MR) is 138 cm³/mol. The maximum absolute atomic E-state index is 11.1. The van der Waals surface area contributed by atoms with E-state index in [1.54, 1.807) is 0 Å². The van der Waals surface area contributed by atoms with E-state index in [1.165, 1.54) is 44.1 Å². The zero-order chi connectivity index (χ0) is 23.8. The predicted octanol–water partition coefficient (Wildman–Crippen LogP) is 8.72. The Balaban J connectivity index is 1.53. The summed E-state index contributed by atoms with van der Waals surface area (Å²) in [5, 5.41) is 0. The molecule has 3 nitrogen and oxygen atoms in total. The Labute approximate surface area is 202 Å².